The Labute approximate surface area is 71.1 Å². The van der Waals surface area contributed by atoms with Crippen molar-refractivity contribution >= 4 is 5.91 Å². The zero-order valence-corrected chi connectivity index (χ0v) is 7.32. The van der Waals surface area contributed by atoms with Crippen LogP contribution >= 0.6 is 0 Å². The summed E-state index contributed by atoms with van der Waals surface area (Å²) in [6, 6.07) is 0. The Balaban J connectivity index is 2.52. The van der Waals surface area contributed by atoms with E-state index in [0.717, 1.165) is 0 Å². The Kier molecular flexibility index (Phi) is 2.42. The molecule has 0 saturated heterocycles. The van der Waals surface area contributed by atoms with E-state index in [1.54, 1.807) is 14.0 Å². The number of carbonyl (C=O) groups is 1. The van der Waals surface area contributed by atoms with Gasteiger partial charge < -0.3 is 10.0 Å². The molecule has 12 heavy (non-hydrogen) atoms. The van der Waals surface area contributed by atoms with Gasteiger partial charge in [-0.2, -0.15) is 10.2 Å². The van der Waals surface area contributed by atoms with Crippen molar-refractivity contribution in [3.8, 4) is 0 Å². The van der Waals surface area contributed by atoms with Crippen LogP contribution in [0.5, 0.6) is 0 Å². The molecular weight excluding hydrogens is 158 g/mol. The van der Waals surface area contributed by atoms with Crippen molar-refractivity contribution in [2.75, 3.05) is 26.7 Å². The van der Waals surface area contributed by atoms with Crippen LogP contribution in [-0.2, 0) is 4.79 Å². The van der Waals surface area contributed by atoms with E-state index in [4.69, 9.17) is 5.11 Å². The van der Waals surface area contributed by atoms with Crippen molar-refractivity contribution in [1.29, 1.82) is 0 Å². The number of azo groups is 1. The number of likely N-dealkylation sites (N-methyl/N-ethyl adjacent to an activating group) is 1. The Bertz CT molecular complexity index is 217. The van der Waals surface area contributed by atoms with E-state index in [1.807, 2.05) is 0 Å². The molecule has 0 aromatic heterocycles. The molecule has 1 heterocycles. The summed E-state index contributed by atoms with van der Waals surface area (Å²) in [6.07, 6.45) is 0. The van der Waals surface area contributed by atoms with Crippen molar-refractivity contribution in [2.24, 2.45) is 10.2 Å². The van der Waals surface area contributed by atoms with Gasteiger partial charge in [-0.05, 0) is 6.92 Å². The second kappa shape index (κ2) is 3.18. The first-order valence-electron chi connectivity index (χ1n) is 3.85. The summed E-state index contributed by atoms with van der Waals surface area (Å²) < 4.78 is 0. The highest BCUT2D eigenvalue weighted by atomic mass is 16.3. The number of hydrogen-bond donors (Lipinski definition) is 1. The molecular formula is C7H13N3O2. The van der Waals surface area contributed by atoms with Gasteiger partial charge in [-0.15, -0.1) is 0 Å². The molecule has 1 N–H and O–H groups in total. The zero-order chi connectivity index (χ0) is 9.19. The van der Waals surface area contributed by atoms with Crippen molar-refractivity contribution in [2.45, 2.75) is 12.5 Å². The monoisotopic (exact) mass is 171 g/mol. The SMILES string of the molecule is CN(CCO)C(=O)C1(C)CN=N1. The van der Waals surface area contributed by atoms with Gasteiger partial charge in [-0.3, -0.25) is 4.79 Å². The molecule has 0 aliphatic carbocycles. The Morgan fingerprint density at radius 1 is 1.75 bits per heavy atom. The zero-order valence-electron chi connectivity index (χ0n) is 7.32. The summed E-state index contributed by atoms with van der Waals surface area (Å²) in [6.45, 7) is 2.54. The smallest absolute Gasteiger partial charge is 0.253 e. The Morgan fingerprint density at radius 2 is 2.33 bits per heavy atom. The molecule has 1 aliphatic heterocycles. The first-order valence-corrected chi connectivity index (χ1v) is 3.85. The lowest BCUT2D eigenvalue weighted by atomic mass is 10.0. The second-order valence-corrected chi connectivity index (χ2v) is 3.12. The van der Waals surface area contributed by atoms with Gasteiger partial charge in [-0.25, -0.2) is 0 Å². The second-order valence-electron chi connectivity index (χ2n) is 3.12. The van der Waals surface area contributed by atoms with Gasteiger partial charge in [0, 0.05) is 13.6 Å². The standard InChI is InChI=1S/C7H13N3O2/c1-7(5-8-9-7)6(12)10(2)3-4-11/h11H,3-5H2,1-2H3. The predicted molar refractivity (Wildman–Crippen MR) is 42.9 cm³/mol. The molecule has 1 unspecified atom stereocenters. The first kappa shape index (κ1) is 9.12. The average molecular weight is 171 g/mol. The summed E-state index contributed by atoms with van der Waals surface area (Å²) in [5.74, 6) is -0.0773. The van der Waals surface area contributed by atoms with Crippen LogP contribution in [0.3, 0.4) is 0 Å². The van der Waals surface area contributed by atoms with Crippen molar-refractivity contribution < 1.29 is 9.90 Å². The van der Waals surface area contributed by atoms with Crippen LogP contribution in [-0.4, -0.2) is 48.2 Å². The van der Waals surface area contributed by atoms with Gasteiger partial charge in [0.25, 0.3) is 5.91 Å². The summed E-state index contributed by atoms with van der Waals surface area (Å²) in [7, 11) is 1.65. The lowest BCUT2D eigenvalue weighted by molar-refractivity contribution is -0.136. The molecule has 1 atom stereocenters. The van der Waals surface area contributed by atoms with Crippen LogP contribution in [0.4, 0.5) is 0 Å². The van der Waals surface area contributed by atoms with Crippen molar-refractivity contribution in [3.63, 3.8) is 0 Å². The van der Waals surface area contributed by atoms with Crippen LogP contribution in [0, 0.1) is 0 Å². The van der Waals surface area contributed by atoms with Gasteiger partial charge in [-0.1, -0.05) is 0 Å². The number of carbonyl (C=O) groups excluding carboxylic acids is 1. The van der Waals surface area contributed by atoms with E-state index < -0.39 is 5.54 Å². The third-order valence-electron chi connectivity index (χ3n) is 1.91. The number of rotatable bonds is 3. The van der Waals surface area contributed by atoms with E-state index in [-0.39, 0.29) is 12.5 Å². The van der Waals surface area contributed by atoms with Gasteiger partial charge in [0.2, 0.25) is 0 Å². The minimum atomic E-state index is -0.663. The number of aliphatic hydroxyl groups is 1. The van der Waals surface area contributed by atoms with Gasteiger partial charge >= 0.3 is 0 Å². The van der Waals surface area contributed by atoms with Crippen LogP contribution < -0.4 is 0 Å². The molecule has 1 rings (SSSR count). The average Bonchev–Trinajstić information content (AvgIpc) is 1.99. The maximum absolute atomic E-state index is 11.5. The minimum Gasteiger partial charge on any atom is -0.395 e. The van der Waals surface area contributed by atoms with Crippen LogP contribution in [0.15, 0.2) is 10.2 Å². The molecule has 5 nitrogen and oxygen atoms in total. The molecule has 0 aromatic carbocycles. The van der Waals surface area contributed by atoms with Gasteiger partial charge in [0.1, 0.15) is 0 Å². The van der Waals surface area contributed by atoms with Crippen molar-refractivity contribution in [1.82, 2.24) is 4.90 Å². The topological polar surface area (TPSA) is 65.3 Å². The molecule has 1 aliphatic rings. The number of nitrogens with zero attached hydrogens (tertiary/aromatic N) is 3. The quantitative estimate of drug-likeness (QED) is 0.631. The van der Waals surface area contributed by atoms with E-state index >= 15 is 0 Å². The maximum Gasteiger partial charge on any atom is 0.253 e. The highest BCUT2D eigenvalue weighted by molar-refractivity contribution is 5.86. The van der Waals surface area contributed by atoms with Gasteiger partial charge in [0.05, 0.1) is 13.2 Å². The summed E-state index contributed by atoms with van der Waals surface area (Å²) >= 11 is 0. The molecule has 0 spiro atoms. The van der Waals surface area contributed by atoms with Gasteiger partial charge in [0.15, 0.2) is 5.54 Å². The lowest BCUT2D eigenvalue weighted by Crippen LogP contribution is -2.50. The normalized spacial score (nSPS) is 26.6. The van der Waals surface area contributed by atoms with E-state index in [9.17, 15) is 4.79 Å². The molecule has 1 amide bonds. The highest BCUT2D eigenvalue weighted by Gasteiger charge is 2.40. The van der Waals surface area contributed by atoms with Crippen LogP contribution in [0.1, 0.15) is 6.92 Å². The maximum atomic E-state index is 11.5. The molecule has 0 bridgehead atoms. The molecule has 0 radical (unpaired) electrons. The molecule has 0 fully saturated rings. The van der Waals surface area contributed by atoms with Crippen molar-refractivity contribution in [3.05, 3.63) is 0 Å². The minimum absolute atomic E-state index is 0.0184. The molecule has 5 heteroatoms. The first-order chi connectivity index (χ1) is 5.60. The molecule has 0 saturated carbocycles. The highest BCUT2D eigenvalue weighted by Crippen LogP contribution is 2.22. The fraction of sp³-hybridized carbons (Fsp3) is 0.857. The van der Waals surface area contributed by atoms with E-state index in [2.05, 4.69) is 10.2 Å². The lowest BCUT2D eigenvalue weighted by Gasteiger charge is -2.30. The summed E-state index contributed by atoms with van der Waals surface area (Å²) in [5.41, 5.74) is -0.663. The molecule has 68 valence electrons. The largest absolute Gasteiger partial charge is 0.395 e. The summed E-state index contributed by atoms with van der Waals surface area (Å²) in [5, 5.41) is 16.0. The summed E-state index contributed by atoms with van der Waals surface area (Å²) in [4.78, 5) is 13.0. The van der Waals surface area contributed by atoms with Crippen LogP contribution in [0.2, 0.25) is 0 Å². The Morgan fingerprint density at radius 3 is 2.67 bits per heavy atom. The fourth-order valence-electron chi connectivity index (χ4n) is 1.06. The third-order valence-corrected chi connectivity index (χ3v) is 1.91. The third kappa shape index (κ3) is 1.45. The van der Waals surface area contributed by atoms with E-state index in [1.165, 1.54) is 4.90 Å². The fourth-order valence-corrected chi connectivity index (χ4v) is 1.06. The van der Waals surface area contributed by atoms with E-state index in [0.29, 0.717) is 13.1 Å². The Hall–Kier alpha value is -0.970. The number of hydrogen-bond acceptors (Lipinski definition) is 4. The van der Waals surface area contributed by atoms with Crippen LogP contribution in [0.25, 0.3) is 0 Å². The number of aliphatic hydroxyl groups excluding tert-OH is 1. The number of amides is 1. The predicted octanol–water partition coefficient (Wildman–Crippen LogP) is -0.338. The molecule has 0 aromatic rings.